The summed E-state index contributed by atoms with van der Waals surface area (Å²) in [7, 11) is 3.07. The lowest BCUT2D eigenvalue weighted by Gasteiger charge is -2.13. The summed E-state index contributed by atoms with van der Waals surface area (Å²) < 4.78 is 17.8. The fourth-order valence-corrected chi connectivity index (χ4v) is 2.95. The van der Waals surface area contributed by atoms with Gasteiger partial charge in [-0.25, -0.2) is 9.67 Å². The Labute approximate surface area is 187 Å². The molecule has 0 atom stereocenters. The highest BCUT2D eigenvalue weighted by Gasteiger charge is 2.13. The number of carbonyl (C=O) groups is 1. The number of ether oxygens (including phenoxy) is 3. The Morgan fingerprint density at radius 1 is 1.28 bits per heavy atom. The van der Waals surface area contributed by atoms with E-state index in [9.17, 15) is 4.79 Å². The Bertz CT molecular complexity index is 1110. The predicted molar refractivity (Wildman–Crippen MR) is 123 cm³/mol. The molecule has 1 aliphatic heterocycles. The zero-order chi connectivity index (χ0) is 22.9. The molecule has 1 aromatic carbocycles. The van der Waals surface area contributed by atoms with Crippen LogP contribution in [-0.4, -0.2) is 42.3 Å². The minimum atomic E-state index is -0.283. The van der Waals surface area contributed by atoms with E-state index >= 15 is 0 Å². The number of allylic oxidation sites excluding steroid dienone is 5. The number of nitrogens with zero attached hydrogens (tertiary/aromatic N) is 3. The van der Waals surface area contributed by atoms with E-state index in [0.717, 1.165) is 0 Å². The van der Waals surface area contributed by atoms with Crippen LogP contribution in [0.1, 0.15) is 24.2 Å². The first-order chi connectivity index (χ1) is 15.5. The molecule has 0 aliphatic carbocycles. The predicted octanol–water partition coefficient (Wildman–Crippen LogP) is 3.85. The average molecular weight is 434 g/mol. The Morgan fingerprint density at radius 3 is 2.72 bits per heavy atom. The molecule has 0 saturated carbocycles. The first-order valence-corrected chi connectivity index (χ1v) is 10.0. The number of hydrogen-bond donors (Lipinski definition) is 1. The molecule has 0 saturated heterocycles. The molecule has 8 nitrogen and oxygen atoms in total. The number of methoxy groups -OCH3 is 2. The van der Waals surface area contributed by atoms with Gasteiger partial charge >= 0.3 is 0 Å². The SMILES string of the molecule is C/C=C(/N=C(/C=C(\C)NC(=O)c1ccc(OC)c(OC)c1)n1cccn1)C1=CC=CCO1. The van der Waals surface area contributed by atoms with Crippen LogP contribution in [0.3, 0.4) is 0 Å². The van der Waals surface area contributed by atoms with Crippen molar-refractivity contribution in [1.82, 2.24) is 15.1 Å². The van der Waals surface area contributed by atoms with Crippen LogP contribution < -0.4 is 14.8 Å². The molecule has 0 fully saturated rings. The van der Waals surface area contributed by atoms with Crippen molar-refractivity contribution < 1.29 is 19.0 Å². The molecule has 1 N–H and O–H groups in total. The zero-order valence-corrected chi connectivity index (χ0v) is 18.5. The summed E-state index contributed by atoms with van der Waals surface area (Å²) in [6, 6.07) is 6.79. The van der Waals surface area contributed by atoms with Gasteiger partial charge in [-0.2, -0.15) is 5.10 Å². The van der Waals surface area contributed by atoms with E-state index in [0.29, 0.717) is 46.7 Å². The molecule has 2 heterocycles. The lowest BCUT2D eigenvalue weighted by atomic mass is 10.2. The van der Waals surface area contributed by atoms with E-state index in [1.165, 1.54) is 7.11 Å². The second kappa shape index (κ2) is 10.8. The second-order valence-corrected chi connectivity index (χ2v) is 6.72. The standard InChI is InChI=1S/C24H26N4O4/c1-5-19(20-9-6-7-14-32-20)27-23(28-13-8-12-25-28)15-17(2)26-24(29)18-10-11-21(30-3)22(16-18)31-4/h5-13,15-16H,14H2,1-4H3,(H,26,29)/b17-15+,19-5+,27-23-. The van der Waals surface area contributed by atoms with Crippen molar-refractivity contribution in [2.24, 2.45) is 4.99 Å². The number of aliphatic imine (C=N–C) groups is 1. The number of amides is 1. The van der Waals surface area contributed by atoms with E-state index < -0.39 is 0 Å². The van der Waals surface area contributed by atoms with Gasteiger partial charge in [0.1, 0.15) is 18.1 Å². The maximum atomic E-state index is 12.8. The van der Waals surface area contributed by atoms with E-state index in [1.807, 2.05) is 31.2 Å². The monoisotopic (exact) mass is 434 g/mol. The van der Waals surface area contributed by atoms with Crippen LogP contribution >= 0.6 is 0 Å². The molecule has 0 radical (unpaired) electrons. The fourth-order valence-electron chi connectivity index (χ4n) is 2.95. The quantitative estimate of drug-likeness (QED) is 0.528. The molecule has 1 amide bonds. The Hall–Kier alpha value is -4.07. The summed E-state index contributed by atoms with van der Waals surface area (Å²) >= 11 is 0. The second-order valence-electron chi connectivity index (χ2n) is 6.72. The first-order valence-electron chi connectivity index (χ1n) is 10.0. The molecule has 0 spiro atoms. The summed E-state index contributed by atoms with van der Waals surface area (Å²) in [5.41, 5.74) is 1.69. The topological polar surface area (TPSA) is 87.0 Å². The highest BCUT2D eigenvalue weighted by atomic mass is 16.5. The van der Waals surface area contributed by atoms with Crippen molar-refractivity contribution in [2.75, 3.05) is 20.8 Å². The van der Waals surface area contributed by atoms with Gasteiger partial charge in [0.05, 0.1) is 14.2 Å². The van der Waals surface area contributed by atoms with Crippen molar-refractivity contribution in [3.05, 3.63) is 89.8 Å². The first kappa shape index (κ1) is 22.6. The molecule has 0 unspecified atom stereocenters. The van der Waals surface area contributed by atoms with E-state index in [1.54, 1.807) is 61.5 Å². The Balaban J connectivity index is 1.87. The van der Waals surface area contributed by atoms with E-state index in [4.69, 9.17) is 19.2 Å². The third-order valence-electron chi connectivity index (χ3n) is 4.52. The number of hydrogen-bond acceptors (Lipinski definition) is 6. The Morgan fingerprint density at radius 2 is 2.09 bits per heavy atom. The molecule has 32 heavy (non-hydrogen) atoms. The number of benzene rings is 1. The van der Waals surface area contributed by atoms with Gasteiger partial charge in [0.2, 0.25) is 0 Å². The van der Waals surface area contributed by atoms with Crippen LogP contribution in [0.4, 0.5) is 0 Å². The van der Waals surface area contributed by atoms with E-state index in [2.05, 4.69) is 10.4 Å². The van der Waals surface area contributed by atoms with Gasteiger partial charge in [0.15, 0.2) is 17.3 Å². The lowest BCUT2D eigenvalue weighted by molar-refractivity contribution is 0.0965. The van der Waals surface area contributed by atoms with Gasteiger partial charge in [0.25, 0.3) is 5.91 Å². The normalized spacial score (nSPS) is 14.5. The number of aromatic nitrogens is 2. The maximum Gasteiger partial charge on any atom is 0.255 e. The third-order valence-corrected chi connectivity index (χ3v) is 4.52. The van der Waals surface area contributed by atoms with Gasteiger partial charge in [-0.15, -0.1) is 0 Å². The smallest absolute Gasteiger partial charge is 0.255 e. The molecular formula is C24H26N4O4. The summed E-state index contributed by atoms with van der Waals surface area (Å²) in [6.07, 6.45) is 12.8. The Kier molecular flexibility index (Phi) is 7.64. The van der Waals surface area contributed by atoms with Gasteiger partial charge < -0.3 is 19.5 Å². The van der Waals surface area contributed by atoms with Crippen LogP contribution in [0.5, 0.6) is 11.5 Å². The van der Waals surface area contributed by atoms with Crippen LogP contribution in [-0.2, 0) is 4.74 Å². The van der Waals surface area contributed by atoms with Gasteiger partial charge in [-0.1, -0.05) is 12.2 Å². The number of rotatable bonds is 7. The zero-order valence-electron chi connectivity index (χ0n) is 18.5. The van der Waals surface area contributed by atoms with Crippen molar-refractivity contribution in [1.29, 1.82) is 0 Å². The van der Waals surface area contributed by atoms with Gasteiger partial charge in [-0.05, 0) is 50.3 Å². The largest absolute Gasteiger partial charge is 0.493 e. The van der Waals surface area contributed by atoms with Crippen molar-refractivity contribution in [2.45, 2.75) is 13.8 Å². The van der Waals surface area contributed by atoms with Crippen LogP contribution in [0.25, 0.3) is 0 Å². The maximum absolute atomic E-state index is 12.8. The molecule has 8 heteroatoms. The highest BCUT2D eigenvalue weighted by molar-refractivity contribution is 5.99. The third kappa shape index (κ3) is 5.54. The van der Waals surface area contributed by atoms with E-state index in [-0.39, 0.29) is 5.91 Å². The molecule has 1 aliphatic rings. The number of carbonyl (C=O) groups excluding carboxylic acids is 1. The summed E-state index contributed by atoms with van der Waals surface area (Å²) in [4.78, 5) is 17.5. The molecular weight excluding hydrogens is 408 g/mol. The van der Waals surface area contributed by atoms with Crippen LogP contribution in [0.15, 0.2) is 89.2 Å². The van der Waals surface area contributed by atoms with Crippen molar-refractivity contribution in [3.63, 3.8) is 0 Å². The lowest BCUT2D eigenvalue weighted by Crippen LogP contribution is -2.23. The average Bonchev–Trinajstić information content (AvgIpc) is 3.36. The minimum Gasteiger partial charge on any atom is -0.493 e. The summed E-state index contributed by atoms with van der Waals surface area (Å²) in [5, 5.41) is 7.15. The molecule has 0 bridgehead atoms. The molecule has 3 rings (SSSR count). The molecule has 1 aromatic heterocycles. The highest BCUT2D eigenvalue weighted by Crippen LogP contribution is 2.27. The van der Waals surface area contributed by atoms with Gasteiger partial charge in [-0.3, -0.25) is 4.79 Å². The van der Waals surface area contributed by atoms with Gasteiger partial charge in [0, 0.05) is 29.7 Å². The fraction of sp³-hybridized carbons (Fsp3) is 0.208. The van der Waals surface area contributed by atoms with Crippen molar-refractivity contribution >= 4 is 11.7 Å². The molecule has 166 valence electrons. The number of nitrogens with one attached hydrogen (secondary N) is 1. The summed E-state index contributed by atoms with van der Waals surface area (Å²) in [6.45, 7) is 4.16. The van der Waals surface area contributed by atoms with Crippen LogP contribution in [0.2, 0.25) is 0 Å². The summed E-state index contributed by atoms with van der Waals surface area (Å²) in [5.74, 6) is 1.94. The minimum absolute atomic E-state index is 0.283. The van der Waals surface area contributed by atoms with Crippen LogP contribution in [0, 0.1) is 0 Å². The molecule has 2 aromatic rings. The van der Waals surface area contributed by atoms with Crippen molar-refractivity contribution in [3.8, 4) is 11.5 Å².